The van der Waals surface area contributed by atoms with E-state index in [2.05, 4.69) is 11.1 Å². The minimum absolute atomic E-state index is 0.402. The van der Waals surface area contributed by atoms with Gasteiger partial charge in [-0.05, 0) is 29.8 Å². The van der Waals surface area contributed by atoms with E-state index in [-0.39, 0.29) is 0 Å². The molecule has 3 rings (SSSR count). The van der Waals surface area contributed by atoms with Gasteiger partial charge in [-0.15, -0.1) is 11.6 Å². The Morgan fingerprint density at radius 3 is 2.84 bits per heavy atom. The maximum absolute atomic E-state index is 9.28. The molecule has 0 amide bonds. The van der Waals surface area contributed by atoms with Crippen LogP contribution in [-0.4, -0.2) is 9.55 Å². The molecule has 0 fully saturated rings. The summed E-state index contributed by atoms with van der Waals surface area (Å²) in [5, 5.41) is 9.28. The van der Waals surface area contributed by atoms with E-state index >= 15 is 0 Å². The lowest BCUT2D eigenvalue weighted by Gasteiger charge is -2.07. The minimum atomic E-state index is 0.402. The Bertz CT molecular complexity index is 783. The van der Waals surface area contributed by atoms with E-state index in [1.807, 2.05) is 47.0 Å². The first-order valence-electron chi connectivity index (χ1n) is 5.85. The number of nitrogens with zero attached hydrogens (tertiary/aromatic N) is 3. The summed E-state index contributed by atoms with van der Waals surface area (Å²) < 4.78 is 1.92. The van der Waals surface area contributed by atoms with Gasteiger partial charge in [0, 0.05) is 5.88 Å². The predicted molar refractivity (Wildman–Crippen MR) is 75.3 cm³/mol. The third-order valence-corrected chi connectivity index (χ3v) is 3.36. The van der Waals surface area contributed by atoms with Crippen LogP contribution in [0.1, 0.15) is 11.1 Å². The van der Waals surface area contributed by atoms with Crippen LogP contribution in [0.25, 0.3) is 16.7 Å². The summed E-state index contributed by atoms with van der Waals surface area (Å²) in [6, 6.07) is 15.7. The summed E-state index contributed by atoms with van der Waals surface area (Å²) >= 11 is 5.80. The maximum atomic E-state index is 9.28. The Labute approximate surface area is 115 Å². The molecule has 3 nitrogen and oxygen atoms in total. The number of nitriles is 1. The molecule has 0 spiro atoms. The maximum Gasteiger partial charge on any atom is 0.101 e. The highest BCUT2D eigenvalue weighted by atomic mass is 35.5. The number of alkyl halides is 1. The Morgan fingerprint density at radius 1 is 1.21 bits per heavy atom. The van der Waals surface area contributed by atoms with Crippen molar-refractivity contribution in [3.63, 3.8) is 0 Å². The zero-order valence-electron chi connectivity index (χ0n) is 10.0. The van der Waals surface area contributed by atoms with E-state index in [1.165, 1.54) is 0 Å². The molecule has 0 unspecified atom stereocenters. The van der Waals surface area contributed by atoms with E-state index in [4.69, 9.17) is 11.6 Å². The van der Waals surface area contributed by atoms with Crippen molar-refractivity contribution in [3.05, 3.63) is 59.9 Å². The number of para-hydroxylation sites is 2. The molecule has 3 aromatic rings. The van der Waals surface area contributed by atoms with Crippen LogP contribution in [0.3, 0.4) is 0 Å². The molecular weight excluding hydrogens is 258 g/mol. The van der Waals surface area contributed by atoms with E-state index in [9.17, 15) is 5.26 Å². The van der Waals surface area contributed by atoms with Gasteiger partial charge in [-0.1, -0.05) is 18.2 Å². The van der Waals surface area contributed by atoms with Crippen LogP contribution in [0.2, 0.25) is 0 Å². The van der Waals surface area contributed by atoms with Gasteiger partial charge < -0.3 is 0 Å². The number of fused-ring (bicyclic) bond motifs is 1. The number of hydrogen-bond donors (Lipinski definition) is 0. The average molecular weight is 268 g/mol. The normalized spacial score (nSPS) is 10.5. The summed E-state index contributed by atoms with van der Waals surface area (Å²) in [5.41, 5.74) is 4.25. The molecule has 1 heterocycles. The minimum Gasteiger partial charge on any atom is -0.298 e. The molecule has 0 saturated heterocycles. The van der Waals surface area contributed by atoms with Crippen LogP contribution < -0.4 is 0 Å². The van der Waals surface area contributed by atoms with Gasteiger partial charge in [0.2, 0.25) is 0 Å². The van der Waals surface area contributed by atoms with Gasteiger partial charge in [0.05, 0.1) is 22.3 Å². The monoisotopic (exact) mass is 267 g/mol. The molecule has 0 aliphatic rings. The van der Waals surface area contributed by atoms with Gasteiger partial charge in [0.15, 0.2) is 0 Å². The molecule has 0 aliphatic carbocycles. The van der Waals surface area contributed by atoms with Crippen molar-refractivity contribution in [1.82, 2.24) is 9.55 Å². The average Bonchev–Trinajstić information content (AvgIpc) is 2.90. The quantitative estimate of drug-likeness (QED) is 0.665. The number of aromatic nitrogens is 2. The van der Waals surface area contributed by atoms with Crippen LogP contribution in [0.15, 0.2) is 48.8 Å². The van der Waals surface area contributed by atoms with Gasteiger partial charge >= 0.3 is 0 Å². The van der Waals surface area contributed by atoms with E-state index in [0.29, 0.717) is 11.4 Å². The van der Waals surface area contributed by atoms with Crippen molar-refractivity contribution in [1.29, 1.82) is 5.26 Å². The zero-order chi connectivity index (χ0) is 13.2. The first-order chi connectivity index (χ1) is 9.33. The fourth-order valence-corrected chi connectivity index (χ4v) is 2.28. The summed E-state index contributed by atoms with van der Waals surface area (Å²) in [6.45, 7) is 0. The predicted octanol–water partition coefficient (Wildman–Crippen LogP) is 3.64. The molecule has 4 heteroatoms. The molecule has 0 aliphatic heterocycles. The zero-order valence-corrected chi connectivity index (χ0v) is 10.8. The van der Waals surface area contributed by atoms with E-state index in [1.54, 1.807) is 6.33 Å². The SMILES string of the molecule is N#Cc1cc(CCl)ccc1-n1cnc2ccccc21. The van der Waals surface area contributed by atoms with Crippen molar-refractivity contribution in [2.24, 2.45) is 0 Å². The summed E-state index contributed by atoms with van der Waals surface area (Å²) in [5.74, 6) is 0.402. The van der Waals surface area contributed by atoms with Gasteiger partial charge in [-0.2, -0.15) is 5.26 Å². The molecule has 0 radical (unpaired) electrons. The number of halogens is 1. The standard InChI is InChI=1S/C15H10ClN3/c16-8-11-5-6-14(12(7-11)9-17)19-10-18-13-3-1-2-4-15(13)19/h1-7,10H,8H2. The second-order valence-corrected chi connectivity index (χ2v) is 4.47. The molecule has 0 saturated carbocycles. The lowest BCUT2D eigenvalue weighted by molar-refractivity contribution is 1.08. The Balaban J connectivity index is 2.25. The molecule has 2 aromatic carbocycles. The molecule has 19 heavy (non-hydrogen) atoms. The summed E-state index contributed by atoms with van der Waals surface area (Å²) in [7, 11) is 0. The number of imidazole rings is 1. The Hall–Kier alpha value is -2.31. The molecule has 0 N–H and O–H groups in total. The molecule has 92 valence electrons. The first-order valence-corrected chi connectivity index (χ1v) is 6.38. The second kappa shape index (κ2) is 4.75. The highest BCUT2D eigenvalue weighted by Gasteiger charge is 2.09. The van der Waals surface area contributed by atoms with Crippen molar-refractivity contribution >= 4 is 22.6 Å². The number of benzene rings is 2. The lowest BCUT2D eigenvalue weighted by atomic mass is 10.1. The molecule has 0 bridgehead atoms. The van der Waals surface area contributed by atoms with Gasteiger partial charge in [-0.25, -0.2) is 4.98 Å². The van der Waals surface area contributed by atoms with E-state index in [0.717, 1.165) is 22.3 Å². The Kier molecular flexibility index (Phi) is 2.94. The van der Waals surface area contributed by atoms with Gasteiger partial charge in [-0.3, -0.25) is 4.57 Å². The van der Waals surface area contributed by atoms with Crippen molar-refractivity contribution in [2.45, 2.75) is 5.88 Å². The van der Waals surface area contributed by atoms with Crippen molar-refractivity contribution < 1.29 is 0 Å². The largest absolute Gasteiger partial charge is 0.298 e. The highest BCUT2D eigenvalue weighted by molar-refractivity contribution is 6.17. The van der Waals surface area contributed by atoms with Crippen LogP contribution in [0, 0.1) is 11.3 Å². The molecule has 1 aromatic heterocycles. The van der Waals surface area contributed by atoms with Crippen molar-refractivity contribution in [3.8, 4) is 11.8 Å². The van der Waals surface area contributed by atoms with E-state index < -0.39 is 0 Å². The fraction of sp³-hybridized carbons (Fsp3) is 0.0667. The highest BCUT2D eigenvalue weighted by Crippen LogP contribution is 2.22. The third-order valence-electron chi connectivity index (χ3n) is 3.05. The van der Waals surface area contributed by atoms with Gasteiger partial charge in [0.25, 0.3) is 0 Å². The summed E-state index contributed by atoms with van der Waals surface area (Å²) in [4.78, 5) is 4.34. The van der Waals surface area contributed by atoms with Crippen molar-refractivity contribution in [2.75, 3.05) is 0 Å². The first kappa shape index (κ1) is 11.8. The number of rotatable bonds is 2. The van der Waals surface area contributed by atoms with Crippen LogP contribution in [-0.2, 0) is 5.88 Å². The third kappa shape index (κ3) is 1.96. The van der Waals surface area contributed by atoms with Crippen LogP contribution in [0.5, 0.6) is 0 Å². The fourth-order valence-electron chi connectivity index (χ4n) is 2.12. The number of hydrogen-bond acceptors (Lipinski definition) is 2. The smallest absolute Gasteiger partial charge is 0.101 e. The van der Waals surface area contributed by atoms with Crippen LogP contribution in [0.4, 0.5) is 0 Å². The topological polar surface area (TPSA) is 41.6 Å². The molecular formula is C15H10ClN3. The Morgan fingerprint density at radius 2 is 2.05 bits per heavy atom. The molecule has 0 atom stereocenters. The lowest BCUT2D eigenvalue weighted by Crippen LogP contribution is -1.96. The second-order valence-electron chi connectivity index (χ2n) is 4.20. The summed E-state index contributed by atoms with van der Waals surface area (Å²) in [6.07, 6.45) is 1.74. The van der Waals surface area contributed by atoms with Gasteiger partial charge in [0.1, 0.15) is 12.4 Å². The van der Waals surface area contributed by atoms with Crippen LogP contribution >= 0.6 is 11.6 Å².